The molecule has 4 aliphatic carbocycles. The van der Waals surface area contributed by atoms with Crippen molar-refractivity contribution in [1.29, 1.82) is 0 Å². The second-order valence-electron chi connectivity index (χ2n) is 15.1. The molecule has 3 fully saturated rings. The van der Waals surface area contributed by atoms with Gasteiger partial charge in [-0.2, -0.15) is 0 Å². The highest BCUT2D eigenvalue weighted by Gasteiger charge is 2.59. The van der Waals surface area contributed by atoms with E-state index in [9.17, 15) is 4.79 Å². The van der Waals surface area contributed by atoms with E-state index < -0.39 is 6.16 Å². The lowest BCUT2D eigenvalue weighted by Gasteiger charge is -2.58. The van der Waals surface area contributed by atoms with Crippen LogP contribution >= 0.6 is 0 Å². The summed E-state index contributed by atoms with van der Waals surface area (Å²) in [5, 5.41) is 0. The zero-order valence-corrected chi connectivity index (χ0v) is 26.6. The van der Waals surface area contributed by atoms with Gasteiger partial charge in [0.15, 0.2) is 0 Å². The van der Waals surface area contributed by atoms with Crippen LogP contribution in [0.25, 0.3) is 0 Å². The maximum absolute atomic E-state index is 12.4. The summed E-state index contributed by atoms with van der Waals surface area (Å²) in [6.45, 7) is 15.3. The van der Waals surface area contributed by atoms with Crippen molar-refractivity contribution >= 4 is 6.16 Å². The Bertz CT molecular complexity index is 816. The summed E-state index contributed by atoms with van der Waals surface area (Å²) in [4.78, 5) is 12.4. The molecule has 0 aromatic heterocycles. The van der Waals surface area contributed by atoms with Gasteiger partial charge in [-0.1, -0.05) is 105 Å². The number of fused-ring (bicyclic) bond motifs is 5. The summed E-state index contributed by atoms with van der Waals surface area (Å²) in [5.74, 6) is 5.18. The Labute approximate surface area is 241 Å². The molecule has 3 nitrogen and oxygen atoms in total. The first-order chi connectivity index (χ1) is 18.7. The maximum Gasteiger partial charge on any atom is 0.508 e. The van der Waals surface area contributed by atoms with Crippen LogP contribution in [0.2, 0.25) is 0 Å². The van der Waals surface area contributed by atoms with Crippen molar-refractivity contribution in [2.75, 3.05) is 6.61 Å². The Balaban J connectivity index is 1.29. The van der Waals surface area contributed by atoms with E-state index in [1.165, 1.54) is 77.0 Å². The summed E-state index contributed by atoms with van der Waals surface area (Å²) in [7, 11) is 0. The minimum absolute atomic E-state index is 0.00525. The van der Waals surface area contributed by atoms with E-state index in [4.69, 9.17) is 9.47 Å². The number of carbonyl (C=O) groups is 1. The molecule has 0 spiro atoms. The number of ether oxygens (including phenoxy) is 2. The molecule has 0 bridgehead atoms. The Kier molecular flexibility index (Phi) is 10.9. The third kappa shape index (κ3) is 7.09. The Morgan fingerprint density at radius 1 is 0.923 bits per heavy atom. The van der Waals surface area contributed by atoms with Gasteiger partial charge in [0.1, 0.15) is 6.10 Å². The van der Waals surface area contributed by atoms with Gasteiger partial charge in [0.25, 0.3) is 0 Å². The van der Waals surface area contributed by atoms with Crippen LogP contribution in [0.1, 0.15) is 151 Å². The van der Waals surface area contributed by atoms with E-state index in [-0.39, 0.29) is 6.10 Å². The van der Waals surface area contributed by atoms with Gasteiger partial charge in [0.05, 0.1) is 6.61 Å². The monoisotopic (exact) mass is 542 g/mol. The van der Waals surface area contributed by atoms with E-state index in [0.29, 0.717) is 17.4 Å². The van der Waals surface area contributed by atoms with Gasteiger partial charge in [-0.3, -0.25) is 0 Å². The van der Waals surface area contributed by atoms with Gasteiger partial charge in [0.2, 0.25) is 0 Å². The number of allylic oxidation sites excluding steroid dienone is 1. The maximum atomic E-state index is 12.4. The fourth-order valence-corrected chi connectivity index (χ4v) is 9.96. The Hall–Kier alpha value is -0.990. The third-order valence-corrected chi connectivity index (χ3v) is 12.2. The predicted molar refractivity (Wildman–Crippen MR) is 163 cm³/mol. The number of carbonyl (C=O) groups excluding carboxylic acids is 1. The van der Waals surface area contributed by atoms with Gasteiger partial charge < -0.3 is 9.47 Å². The smallest absolute Gasteiger partial charge is 0.434 e. The van der Waals surface area contributed by atoms with E-state index >= 15 is 0 Å². The van der Waals surface area contributed by atoms with Crippen LogP contribution < -0.4 is 0 Å². The molecule has 8 atom stereocenters. The molecule has 0 N–H and O–H groups in total. The average Bonchev–Trinajstić information content (AvgIpc) is 3.25. The summed E-state index contributed by atoms with van der Waals surface area (Å²) in [6.07, 6.45) is 23.6. The summed E-state index contributed by atoms with van der Waals surface area (Å²) in [5.41, 5.74) is 2.43. The van der Waals surface area contributed by atoms with E-state index in [1.807, 2.05) is 0 Å². The van der Waals surface area contributed by atoms with Gasteiger partial charge in [-0.05, 0) is 97.7 Å². The van der Waals surface area contributed by atoms with Crippen LogP contribution in [0.5, 0.6) is 0 Å². The normalized spacial score (nSPS) is 36.5. The molecule has 0 radical (unpaired) electrons. The molecule has 0 aromatic rings. The molecule has 4 rings (SSSR count). The quantitative estimate of drug-likeness (QED) is 0.132. The largest absolute Gasteiger partial charge is 0.508 e. The fourth-order valence-electron chi connectivity index (χ4n) is 9.96. The van der Waals surface area contributed by atoms with Crippen LogP contribution in [0, 0.1) is 46.3 Å². The first kappa shape index (κ1) is 31.0. The minimum atomic E-state index is -0.445. The molecule has 4 aliphatic rings. The van der Waals surface area contributed by atoms with Crippen LogP contribution in [0.15, 0.2) is 11.6 Å². The van der Waals surface area contributed by atoms with Crippen LogP contribution in [0.3, 0.4) is 0 Å². The standard InChI is InChI=1S/C36H62O3/c1-7-8-9-10-11-12-24-38-34(37)39-29-20-22-35(5)28(25-29)16-17-30-32-19-18-31(27(4)15-13-14-26(2)3)36(32,6)23-21-33(30)35/h16,26-27,29-33H,7-15,17-25H2,1-6H3/t27?,29-,30-,31+,32-,33-,35-,36+/m0/s1. The lowest BCUT2D eigenvalue weighted by atomic mass is 9.47. The van der Waals surface area contributed by atoms with Crippen molar-refractivity contribution in [3.63, 3.8) is 0 Å². The molecule has 224 valence electrons. The molecule has 3 saturated carbocycles. The van der Waals surface area contributed by atoms with Gasteiger partial charge in [0, 0.05) is 6.42 Å². The molecule has 0 aromatic carbocycles. The van der Waals surface area contributed by atoms with Gasteiger partial charge >= 0.3 is 6.16 Å². The molecule has 3 heteroatoms. The zero-order valence-electron chi connectivity index (χ0n) is 26.6. The highest BCUT2D eigenvalue weighted by Crippen LogP contribution is 2.67. The molecule has 1 unspecified atom stereocenters. The van der Waals surface area contributed by atoms with Crippen molar-refractivity contribution in [2.24, 2.45) is 46.3 Å². The predicted octanol–water partition coefficient (Wildman–Crippen LogP) is 10.9. The number of hydrogen-bond acceptors (Lipinski definition) is 3. The van der Waals surface area contributed by atoms with Gasteiger partial charge in [-0.15, -0.1) is 0 Å². The second kappa shape index (κ2) is 13.8. The Morgan fingerprint density at radius 2 is 1.69 bits per heavy atom. The molecule has 0 heterocycles. The lowest BCUT2D eigenvalue weighted by molar-refractivity contribution is -0.0617. The molecule has 39 heavy (non-hydrogen) atoms. The van der Waals surface area contributed by atoms with Gasteiger partial charge in [-0.25, -0.2) is 4.79 Å². The SMILES string of the molecule is CCCCCCCCOC(=O)O[C@H]1CC[C@@]2(C)C(=CC[C@H]3[C@@H]4CC[C@H](C(C)CCCC(C)C)[C@@]4(C)CC[C@@H]32)C1. The summed E-state index contributed by atoms with van der Waals surface area (Å²) < 4.78 is 11.3. The number of unbranched alkanes of at least 4 members (excludes halogenated alkanes) is 5. The van der Waals surface area contributed by atoms with E-state index in [1.54, 1.807) is 5.57 Å². The van der Waals surface area contributed by atoms with Crippen LogP contribution in [0.4, 0.5) is 4.79 Å². The molecule has 0 saturated heterocycles. The number of rotatable bonds is 13. The van der Waals surface area contributed by atoms with Crippen molar-refractivity contribution in [2.45, 2.75) is 157 Å². The summed E-state index contributed by atoms with van der Waals surface area (Å²) >= 11 is 0. The first-order valence-electron chi connectivity index (χ1n) is 17.2. The molecular formula is C36H62O3. The zero-order chi connectivity index (χ0) is 28.0. The molecular weight excluding hydrogens is 480 g/mol. The van der Waals surface area contributed by atoms with Crippen molar-refractivity contribution in [1.82, 2.24) is 0 Å². The van der Waals surface area contributed by atoms with E-state index in [0.717, 1.165) is 67.6 Å². The average molecular weight is 543 g/mol. The topological polar surface area (TPSA) is 35.5 Å². The molecule has 0 aliphatic heterocycles. The fraction of sp³-hybridized carbons (Fsp3) is 0.917. The lowest BCUT2D eigenvalue weighted by Crippen LogP contribution is -2.51. The van der Waals surface area contributed by atoms with Crippen LogP contribution in [-0.2, 0) is 9.47 Å². The van der Waals surface area contributed by atoms with E-state index in [2.05, 4.69) is 47.6 Å². The van der Waals surface area contributed by atoms with Crippen molar-refractivity contribution in [3.05, 3.63) is 11.6 Å². The summed E-state index contributed by atoms with van der Waals surface area (Å²) in [6, 6.07) is 0. The molecule has 0 amide bonds. The highest BCUT2D eigenvalue weighted by atomic mass is 16.7. The van der Waals surface area contributed by atoms with Crippen molar-refractivity contribution in [3.8, 4) is 0 Å². The minimum Gasteiger partial charge on any atom is -0.434 e. The Morgan fingerprint density at radius 3 is 2.46 bits per heavy atom. The van der Waals surface area contributed by atoms with Crippen molar-refractivity contribution < 1.29 is 14.3 Å². The third-order valence-electron chi connectivity index (χ3n) is 12.2. The highest BCUT2D eigenvalue weighted by molar-refractivity contribution is 5.60. The van der Waals surface area contributed by atoms with Crippen LogP contribution in [-0.4, -0.2) is 18.9 Å². The second-order valence-corrected chi connectivity index (χ2v) is 15.1. The number of hydrogen-bond donors (Lipinski definition) is 0. The first-order valence-corrected chi connectivity index (χ1v) is 17.2.